The number of nitrogens with two attached hydrogens (primary N) is 1. The van der Waals surface area contributed by atoms with Crippen LogP contribution < -0.4 is 5.73 Å². The summed E-state index contributed by atoms with van der Waals surface area (Å²) in [5.74, 6) is 0.821. The van der Waals surface area contributed by atoms with Gasteiger partial charge < -0.3 is 10.8 Å². The molecule has 6 nitrogen and oxygen atoms in total. The maximum Gasteiger partial charge on any atom is 0.323 e. The number of carboxylic acid groups (broad SMARTS) is 1. The Morgan fingerprint density at radius 2 is 2.28 bits per heavy atom. The maximum atomic E-state index is 11.1. The lowest BCUT2D eigenvalue weighted by molar-refractivity contribution is -0.143. The van der Waals surface area contributed by atoms with E-state index >= 15 is 0 Å². The molecule has 6 heteroatoms. The van der Waals surface area contributed by atoms with Crippen LogP contribution in [0.5, 0.6) is 0 Å². The molecule has 1 aromatic rings. The van der Waals surface area contributed by atoms with Crippen molar-refractivity contribution in [2.24, 2.45) is 5.73 Å². The molecule has 1 aromatic heterocycles. The monoisotopic (exact) mass is 252 g/mol. The minimum Gasteiger partial charge on any atom is -0.480 e. The summed E-state index contributed by atoms with van der Waals surface area (Å²) in [5, 5.41) is 13.6. The van der Waals surface area contributed by atoms with Gasteiger partial charge in [0.15, 0.2) is 5.82 Å². The Kier molecular flexibility index (Phi) is 3.38. The summed E-state index contributed by atoms with van der Waals surface area (Å²) in [6.07, 6.45) is 3.27. The van der Waals surface area contributed by atoms with Crippen LogP contribution in [0, 0.1) is 0 Å². The minimum atomic E-state index is -1.10. The van der Waals surface area contributed by atoms with Crippen LogP contribution in [-0.2, 0) is 17.6 Å². The fraction of sp³-hybridized carbons (Fsp3) is 0.750. The van der Waals surface area contributed by atoms with E-state index in [1.165, 1.54) is 0 Å². The molecule has 0 aliphatic heterocycles. The van der Waals surface area contributed by atoms with E-state index in [0.29, 0.717) is 12.8 Å². The number of aliphatic carboxylic acids is 1. The third-order valence-electron chi connectivity index (χ3n) is 3.67. The zero-order valence-corrected chi connectivity index (χ0v) is 10.9. The lowest BCUT2D eigenvalue weighted by Gasteiger charge is -2.18. The summed E-state index contributed by atoms with van der Waals surface area (Å²) >= 11 is 0. The molecular formula is C12H20N4O2. The Hall–Kier alpha value is -1.43. The number of hydrogen-bond donors (Lipinski definition) is 2. The van der Waals surface area contributed by atoms with Crippen molar-refractivity contribution in [1.29, 1.82) is 0 Å². The van der Waals surface area contributed by atoms with Crippen molar-refractivity contribution in [3.8, 4) is 0 Å². The number of nitrogens with zero attached hydrogens (tertiary/aromatic N) is 3. The van der Waals surface area contributed by atoms with Gasteiger partial charge in [-0.15, -0.1) is 0 Å². The van der Waals surface area contributed by atoms with Crippen LogP contribution >= 0.6 is 0 Å². The predicted octanol–water partition coefficient (Wildman–Crippen LogP) is 0.910. The SMILES string of the molecule is CCc1nc(CC)n(C2CCC(N)(C(=O)O)C2)n1. The van der Waals surface area contributed by atoms with Crippen LogP contribution in [0.1, 0.15) is 50.8 Å². The average molecular weight is 252 g/mol. The molecule has 100 valence electrons. The van der Waals surface area contributed by atoms with Gasteiger partial charge in [-0.25, -0.2) is 9.67 Å². The molecule has 1 saturated carbocycles. The summed E-state index contributed by atoms with van der Waals surface area (Å²) in [4.78, 5) is 15.6. The molecule has 3 N–H and O–H groups in total. The van der Waals surface area contributed by atoms with Crippen molar-refractivity contribution >= 4 is 5.97 Å². The zero-order chi connectivity index (χ0) is 13.3. The standard InChI is InChI=1S/C12H20N4O2/c1-3-9-14-10(4-2)16(15-9)8-5-6-12(13,7-8)11(17)18/h8H,3-7,13H2,1-2H3,(H,17,18). The molecule has 18 heavy (non-hydrogen) atoms. The van der Waals surface area contributed by atoms with E-state index in [1.807, 2.05) is 18.5 Å². The molecule has 1 aliphatic rings. The van der Waals surface area contributed by atoms with Crippen molar-refractivity contribution in [3.63, 3.8) is 0 Å². The van der Waals surface area contributed by atoms with Gasteiger partial charge >= 0.3 is 5.97 Å². The summed E-state index contributed by atoms with van der Waals surface area (Å²) in [7, 11) is 0. The predicted molar refractivity (Wildman–Crippen MR) is 66.2 cm³/mol. The summed E-state index contributed by atoms with van der Waals surface area (Å²) < 4.78 is 1.89. The molecule has 2 rings (SSSR count). The van der Waals surface area contributed by atoms with Gasteiger partial charge in [-0.1, -0.05) is 13.8 Å². The van der Waals surface area contributed by atoms with E-state index in [-0.39, 0.29) is 6.04 Å². The molecule has 0 amide bonds. The first-order valence-corrected chi connectivity index (χ1v) is 6.46. The van der Waals surface area contributed by atoms with Crippen molar-refractivity contribution in [1.82, 2.24) is 14.8 Å². The highest BCUT2D eigenvalue weighted by Gasteiger charge is 2.43. The van der Waals surface area contributed by atoms with E-state index in [2.05, 4.69) is 10.1 Å². The first kappa shape index (κ1) is 13.0. The average Bonchev–Trinajstić information content (AvgIpc) is 2.92. The number of carbonyl (C=O) groups is 1. The first-order chi connectivity index (χ1) is 8.50. The van der Waals surface area contributed by atoms with Gasteiger partial charge in [0.2, 0.25) is 0 Å². The number of aryl methyl sites for hydroxylation is 2. The van der Waals surface area contributed by atoms with Crippen molar-refractivity contribution in [2.45, 2.75) is 57.5 Å². The second-order valence-electron chi connectivity index (χ2n) is 4.95. The van der Waals surface area contributed by atoms with Crippen LogP contribution in [0.2, 0.25) is 0 Å². The third-order valence-corrected chi connectivity index (χ3v) is 3.67. The lowest BCUT2D eigenvalue weighted by atomic mass is 9.99. The largest absolute Gasteiger partial charge is 0.480 e. The van der Waals surface area contributed by atoms with Gasteiger partial charge in [-0.05, 0) is 19.3 Å². The maximum absolute atomic E-state index is 11.1. The van der Waals surface area contributed by atoms with Gasteiger partial charge in [0.1, 0.15) is 11.4 Å². The Morgan fingerprint density at radius 3 is 2.78 bits per heavy atom. The Bertz CT molecular complexity index is 457. The lowest BCUT2D eigenvalue weighted by Crippen LogP contribution is -2.45. The molecule has 0 aromatic carbocycles. The summed E-state index contributed by atoms with van der Waals surface area (Å²) in [6.45, 7) is 4.04. The molecule has 0 spiro atoms. The second-order valence-corrected chi connectivity index (χ2v) is 4.95. The number of aromatic nitrogens is 3. The Balaban J connectivity index is 2.23. The molecule has 2 unspecified atom stereocenters. The Labute approximate surface area is 106 Å². The highest BCUT2D eigenvalue weighted by molar-refractivity contribution is 5.78. The van der Waals surface area contributed by atoms with Gasteiger partial charge in [0.05, 0.1) is 6.04 Å². The highest BCUT2D eigenvalue weighted by atomic mass is 16.4. The summed E-state index contributed by atoms with van der Waals surface area (Å²) in [5.41, 5.74) is 4.80. The van der Waals surface area contributed by atoms with Gasteiger partial charge in [-0.2, -0.15) is 5.10 Å². The van der Waals surface area contributed by atoms with Crippen LogP contribution in [0.4, 0.5) is 0 Å². The van der Waals surface area contributed by atoms with E-state index in [4.69, 9.17) is 10.8 Å². The van der Waals surface area contributed by atoms with Crippen molar-refractivity contribution in [3.05, 3.63) is 11.6 Å². The second kappa shape index (κ2) is 4.68. The topological polar surface area (TPSA) is 94.0 Å². The van der Waals surface area contributed by atoms with Crippen LogP contribution in [0.3, 0.4) is 0 Å². The fourth-order valence-electron chi connectivity index (χ4n) is 2.54. The minimum absolute atomic E-state index is 0.0637. The van der Waals surface area contributed by atoms with E-state index in [1.54, 1.807) is 0 Å². The Morgan fingerprint density at radius 1 is 1.56 bits per heavy atom. The van der Waals surface area contributed by atoms with Crippen LogP contribution in [0.15, 0.2) is 0 Å². The zero-order valence-electron chi connectivity index (χ0n) is 10.9. The molecular weight excluding hydrogens is 232 g/mol. The molecule has 1 fully saturated rings. The molecule has 0 saturated heterocycles. The van der Waals surface area contributed by atoms with E-state index < -0.39 is 11.5 Å². The molecule has 2 atom stereocenters. The van der Waals surface area contributed by atoms with Crippen LogP contribution in [-0.4, -0.2) is 31.4 Å². The van der Waals surface area contributed by atoms with Crippen LogP contribution in [0.25, 0.3) is 0 Å². The fourth-order valence-corrected chi connectivity index (χ4v) is 2.54. The smallest absolute Gasteiger partial charge is 0.323 e. The van der Waals surface area contributed by atoms with Gasteiger partial charge in [0.25, 0.3) is 0 Å². The normalized spacial score (nSPS) is 27.6. The first-order valence-electron chi connectivity index (χ1n) is 6.46. The van der Waals surface area contributed by atoms with E-state index in [0.717, 1.165) is 30.9 Å². The third kappa shape index (κ3) is 2.12. The molecule has 0 bridgehead atoms. The quantitative estimate of drug-likeness (QED) is 0.830. The van der Waals surface area contributed by atoms with Crippen molar-refractivity contribution in [2.75, 3.05) is 0 Å². The molecule has 0 radical (unpaired) electrons. The number of hydrogen-bond acceptors (Lipinski definition) is 4. The number of rotatable bonds is 4. The van der Waals surface area contributed by atoms with Crippen molar-refractivity contribution < 1.29 is 9.90 Å². The van der Waals surface area contributed by atoms with E-state index in [9.17, 15) is 4.79 Å². The molecule has 1 heterocycles. The number of carboxylic acids is 1. The summed E-state index contributed by atoms with van der Waals surface area (Å²) in [6, 6.07) is 0.0637. The molecule has 1 aliphatic carbocycles. The van der Waals surface area contributed by atoms with Gasteiger partial charge in [0, 0.05) is 12.8 Å². The highest BCUT2D eigenvalue weighted by Crippen LogP contribution is 2.36. The van der Waals surface area contributed by atoms with Gasteiger partial charge in [-0.3, -0.25) is 4.79 Å².